The Hall–Kier alpha value is -1.68. The topological polar surface area (TPSA) is 51.0 Å². The summed E-state index contributed by atoms with van der Waals surface area (Å²) in [6.07, 6.45) is 1.87. The first-order valence-electron chi connectivity index (χ1n) is 6.80. The highest BCUT2D eigenvalue weighted by Crippen LogP contribution is 2.13. The molecule has 0 aliphatic rings. The van der Waals surface area contributed by atoms with E-state index in [9.17, 15) is 0 Å². The zero-order chi connectivity index (χ0) is 13.7. The van der Waals surface area contributed by atoms with Crippen LogP contribution in [0.2, 0.25) is 0 Å². The molecule has 2 aromatic rings. The first kappa shape index (κ1) is 13.7. The van der Waals surface area contributed by atoms with Gasteiger partial charge in [-0.1, -0.05) is 36.3 Å². The second kappa shape index (κ2) is 6.48. The van der Waals surface area contributed by atoms with E-state index in [0.717, 1.165) is 25.2 Å². The highest BCUT2D eigenvalue weighted by atomic mass is 16.5. The summed E-state index contributed by atoms with van der Waals surface area (Å²) in [5, 5.41) is 7.35. The fraction of sp³-hybridized carbons (Fsp3) is 0.467. The number of aryl methyl sites for hydroxylation is 2. The Morgan fingerprint density at radius 3 is 2.58 bits per heavy atom. The van der Waals surface area contributed by atoms with Gasteiger partial charge in [-0.2, -0.15) is 4.98 Å². The summed E-state index contributed by atoms with van der Waals surface area (Å²) < 4.78 is 4.94. The van der Waals surface area contributed by atoms with Gasteiger partial charge in [0.25, 0.3) is 0 Å². The molecule has 0 radical (unpaired) electrons. The molecule has 19 heavy (non-hydrogen) atoms. The number of hydrogen-bond acceptors (Lipinski definition) is 4. The van der Waals surface area contributed by atoms with Crippen molar-refractivity contribution in [2.24, 2.45) is 0 Å². The lowest BCUT2D eigenvalue weighted by atomic mass is 10.0. The Bertz CT molecular complexity index is 504. The van der Waals surface area contributed by atoms with Crippen molar-refractivity contribution in [3.63, 3.8) is 0 Å². The molecule has 0 amide bonds. The third-order valence-corrected chi connectivity index (χ3v) is 3.26. The van der Waals surface area contributed by atoms with Gasteiger partial charge in [-0.15, -0.1) is 0 Å². The van der Waals surface area contributed by atoms with E-state index >= 15 is 0 Å². The van der Waals surface area contributed by atoms with Crippen LogP contribution < -0.4 is 5.32 Å². The minimum atomic E-state index is 0.332. The first-order chi connectivity index (χ1) is 9.19. The first-order valence-corrected chi connectivity index (χ1v) is 6.80. The third-order valence-electron chi connectivity index (χ3n) is 3.26. The number of rotatable bonds is 6. The lowest BCUT2D eigenvalue weighted by Crippen LogP contribution is -2.21. The summed E-state index contributed by atoms with van der Waals surface area (Å²) in [6, 6.07) is 9.09. The molecule has 1 heterocycles. The van der Waals surface area contributed by atoms with Gasteiger partial charge in [0.05, 0.1) is 0 Å². The Morgan fingerprint density at radius 1 is 1.26 bits per heavy atom. The maximum Gasteiger partial charge on any atom is 0.223 e. The maximum absolute atomic E-state index is 4.94. The second-order valence-electron chi connectivity index (χ2n) is 4.75. The zero-order valence-corrected chi connectivity index (χ0v) is 11.8. The average Bonchev–Trinajstić information content (AvgIpc) is 2.84. The van der Waals surface area contributed by atoms with E-state index in [0.29, 0.717) is 11.9 Å². The molecule has 0 saturated carbocycles. The molecular formula is C15H21N3O. The molecule has 0 bridgehead atoms. The van der Waals surface area contributed by atoms with Crippen LogP contribution in [0.4, 0.5) is 0 Å². The number of nitrogens with one attached hydrogen (secondary N) is 1. The molecule has 1 unspecified atom stereocenters. The predicted octanol–water partition coefficient (Wildman–Crippen LogP) is 2.83. The average molecular weight is 259 g/mol. The SMILES string of the molecule is CCc1ccc(C(C)NCCc2noc(C)n2)cc1. The summed E-state index contributed by atoms with van der Waals surface area (Å²) in [4.78, 5) is 4.19. The van der Waals surface area contributed by atoms with E-state index in [1.54, 1.807) is 0 Å². The van der Waals surface area contributed by atoms with E-state index in [4.69, 9.17) is 4.52 Å². The predicted molar refractivity (Wildman–Crippen MR) is 75.0 cm³/mol. The molecule has 2 rings (SSSR count). The lowest BCUT2D eigenvalue weighted by molar-refractivity contribution is 0.386. The summed E-state index contributed by atoms with van der Waals surface area (Å²) in [7, 11) is 0. The summed E-state index contributed by atoms with van der Waals surface area (Å²) in [6.45, 7) is 6.99. The van der Waals surface area contributed by atoms with Gasteiger partial charge in [-0.05, 0) is 24.5 Å². The van der Waals surface area contributed by atoms with Gasteiger partial charge in [-0.25, -0.2) is 0 Å². The van der Waals surface area contributed by atoms with Crippen molar-refractivity contribution in [2.45, 2.75) is 39.7 Å². The van der Waals surface area contributed by atoms with Gasteiger partial charge in [-0.3, -0.25) is 0 Å². The van der Waals surface area contributed by atoms with E-state index in [1.165, 1.54) is 11.1 Å². The van der Waals surface area contributed by atoms with Crippen molar-refractivity contribution in [3.8, 4) is 0 Å². The summed E-state index contributed by atoms with van der Waals surface area (Å²) >= 11 is 0. The van der Waals surface area contributed by atoms with Crippen LogP contribution in [0.5, 0.6) is 0 Å². The Kier molecular flexibility index (Phi) is 4.68. The monoisotopic (exact) mass is 259 g/mol. The fourth-order valence-corrected chi connectivity index (χ4v) is 2.00. The van der Waals surface area contributed by atoms with Crippen LogP contribution >= 0.6 is 0 Å². The fourth-order valence-electron chi connectivity index (χ4n) is 2.00. The van der Waals surface area contributed by atoms with Crippen LogP contribution in [-0.4, -0.2) is 16.7 Å². The van der Waals surface area contributed by atoms with Crippen molar-refractivity contribution in [1.82, 2.24) is 15.5 Å². The normalized spacial score (nSPS) is 12.6. The maximum atomic E-state index is 4.94. The standard InChI is InChI=1S/C15H21N3O/c1-4-13-5-7-14(8-6-13)11(2)16-10-9-15-17-12(3)19-18-15/h5-8,11,16H,4,9-10H2,1-3H3. The van der Waals surface area contributed by atoms with E-state index in [-0.39, 0.29) is 0 Å². The van der Waals surface area contributed by atoms with Crippen molar-refractivity contribution in [1.29, 1.82) is 0 Å². The van der Waals surface area contributed by atoms with Crippen molar-refractivity contribution in [2.75, 3.05) is 6.54 Å². The van der Waals surface area contributed by atoms with Crippen molar-refractivity contribution >= 4 is 0 Å². The van der Waals surface area contributed by atoms with Crippen molar-refractivity contribution < 1.29 is 4.52 Å². The highest BCUT2D eigenvalue weighted by molar-refractivity contribution is 5.24. The molecule has 0 spiro atoms. The van der Waals surface area contributed by atoms with Gasteiger partial charge in [0.1, 0.15) is 0 Å². The molecule has 4 heteroatoms. The van der Waals surface area contributed by atoms with Gasteiger partial charge in [0, 0.05) is 25.9 Å². The largest absolute Gasteiger partial charge is 0.340 e. The molecule has 0 aliphatic heterocycles. The van der Waals surface area contributed by atoms with Gasteiger partial charge >= 0.3 is 0 Å². The highest BCUT2D eigenvalue weighted by Gasteiger charge is 2.06. The molecule has 0 fully saturated rings. The van der Waals surface area contributed by atoms with E-state index in [1.807, 2.05) is 6.92 Å². The van der Waals surface area contributed by atoms with E-state index < -0.39 is 0 Å². The summed E-state index contributed by atoms with van der Waals surface area (Å²) in [5.41, 5.74) is 2.68. The molecular weight excluding hydrogens is 238 g/mol. The molecule has 1 aromatic carbocycles. The number of nitrogens with zero attached hydrogens (tertiary/aromatic N) is 2. The third kappa shape index (κ3) is 3.89. The quantitative estimate of drug-likeness (QED) is 0.866. The molecule has 1 aromatic heterocycles. The number of hydrogen-bond donors (Lipinski definition) is 1. The van der Waals surface area contributed by atoms with Gasteiger partial charge in [0.2, 0.25) is 5.89 Å². The molecule has 102 valence electrons. The Labute approximate surface area is 114 Å². The zero-order valence-electron chi connectivity index (χ0n) is 11.8. The molecule has 4 nitrogen and oxygen atoms in total. The molecule has 0 aliphatic carbocycles. The Morgan fingerprint density at radius 2 is 2.00 bits per heavy atom. The molecule has 1 atom stereocenters. The van der Waals surface area contributed by atoms with Crippen LogP contribution in [0.15, 0.2) is 28.8 Å². The Balaban J connectivity index is 1.81. The van der Waals surface area contributed by atoms with Gasteiger partial charge in [0.15, 0.2) is 5.82 Å². The minimum Gasteiger partial charge on any atom is -0.340 e. The van der Waals surface area contributed by atoms with Crippen LogP contribution in [-0.2, 0) is 12.8 Å². The van der Waals surface area contributed by atoms with Crippen LogP contribution in [0.25, 0.3) is 0 Å². The van der Waals surface area contributed by atoms with Crippen LogP contribution in [0.3, 0.4) is 0 Å². The smallest absolute Gasteiger partial charge is 0.223 e. The molecule has 0 saturated heterocycles. The van der Waals surface area contributed by atoms with Crippen LogP contribution in [0.1, 0.15) is 42.7 Å². The number of aromatic nitrogens is 2. The second-order valence-corrected chi connectivity index (χ2v) is 4.75. The van der Waals surface area contributed by atoms with Crippen molar-refractivity contribution in [3.05, 3.63) is 47.1 Å². The van der Waals surface area contributed by atoms with Gasteiger partial charge < -0.3 is 9.84 Å². The number of benzene rings is 1. The molecule has 1 N–H and O–H groups in total. The van der Waals surface area contributed by atoms with E-state index in [2.05, 4.69) is 53.6 Å². The minimum absolute atomic E-state index is 0.332. The lowest BCUT2D eigenvalue weighted by Gasteiger charge is -2.14. The van der Waals surface area contributed by atoms with Crippen LogP contribution in [0, 0.1) is 6.92 Å². The summed E-state index contributed by atoms with van der Waals surface area (Å²) in [5.74, 6) is 1.39.